The third-order valence-electron chi connectivity index (χ3n) is 9.98. The van der Waals surface area contributed by atoms with E-state index in [1.807, 2.05) is 12.4 Å². The minimum absolute atomic E-state index is 1.11. The van der Waals surface area contributed by atoms with E-state index in [0.717, 1.165) is 16.9 Å². The molecule has 0 bridgehead atoms. The minimum Gasteiger partial charge on any atom is -0.309 e. The van der Waals surface area contributed by atoms with E-state index in [9.17, 15) is 0 Å². The van der Waals surface area contributed by atoms with Gasteiger partial charge in [0.2, 0.25) is 0 Å². The lowest BCUT2D eigenvalue weighted by molar-refractivity contribution is 1.17. The second-order valence-corrected chi connectivity index (χ2v) is 12.9. The third kappa shape index (κ3) is 4.56. The van der Waals surface area contributed by atoms with Crippen LogP contribution in [0.1, 0.15) is 0 Å². The van der Waals surface area contributed by atoms with Gasteiger partial charge in [-0.05, 0) is 100 Å². The molecule has 0 unspecified atom stereocenters. The molecule has 0 N–H and O–H groups in total. The van der Waals surface area contributed by atoms with Crippen LogP contribution in [-0.4, -0.2) is 14.1 Å². The second-order valence-electron chi connectivity index (χ2n) is 12.9. The Labute approximate surface area is 290 Å². The molecule has 0 saturated carbocycles. The van der Waals surface area contributed by atoms with Crippen molar-refractivity contribution in [2.24, 2.45) is 0 Å². The monoisotopic (exact) mass is 637 g/mol. The van der Waals surface area contributed by atoms with Crippen LogP contribution in [0.25, 0.3) is 88.4 Å². The first kappa shape index (κ1) is 28.3. The predicted molar refractivity (Wildman–Crippen MR) is 209 cm³/mol. The Morgan fingerprint density at radius 1 is 0.300 bits per heavy atom. The summed E-state index contributed by atoms with van der Waals surface area (Å²) in [6, 6.07) is 63.6. The number of hydrogen-bond donors (Lipinski definition) is 0. The van der Waals surface area contributed by atoms with E-state index >= 15 is 0 Å². The first-order valence-corrected chi connectivity index (χ1v) is 17.0. The van der Waals surface area contributed by atoms with Crippen molar-refractivity contribution in [3.05, 3.63) is 188 Å². The maximum absolute atomic E-state index is 4.49. The summed E-state index contributed by atoms with van der Waals surface area (Å²) in [7, 11) is 0. The summed E-state index contributed by atoms with van der Waals surface area (Å²) in [6.07, 6.45) is 3.86. The Morgan fingerprint density at radius 3 is 1.42 bits per heavy atom. The van der Waals surface area contributed by atoms with Crippen molar-refractivity contribution in [3.8, 4) is 44.8 Å². The molecular formula is C47H31N3. The van der Waals surface area contributed by atoms with Crippen LogP contribution in [0.5, 0.6) is 0 Å². The average Bonchev–Trinajstić information content (AvgIpc) is 3.71. The molecule has 234 valence electrons. The Morgan fingerprint density at radius 2 is 0.800 bits per heavy atom. The molecule has 0 amide bonds. The largest absolute Gasteiger partial charge is 0.309 e. The highest BCUT2D eigenvalue weighted by Gasteiger charge is 2.17. The number of para-hydroxylation sites is 2. The Balaban J connectivity index is 1.17. The zero-order chi connectivity index (χ0) is 33.0. The second kappa shape index (κ2) is 11.5. The molecule has 0 aliphatic carbocycles. The van der Waals surface area contributed by atoms with Crippen LogP contribution in [0.15, 0.2) is 188 Å². The molecule has 0 atom stereocenters. The maximum Gasteiger partial charge on any atom is 0.0724 e. The summed E-state index contributed by atoms with van der Waals surface area (Å²) in [5.74, 6) is 0. The molecule has 0 aliphatic rings. The summed E-state index contributed by atoms with van der Waals surface area (Å²) in [5, 5.41) is 4.90. The molecule has 3 heteroatoms. The van der Waals surface area contributed by atoms with Gasteiger partial charge in [0, 0.05) is 39.1 Å². The number of hydrogen-bond acceptors (Lipinski definition) is 1. The van der Waals surface area contributed by atoms with Crippen molar-refractivity contribution in [1.82, 2.24) is 14.1 Å². The van der Waals surface area contributed by atoms with Crippen LogP contribution < -0.4 is 0 Å². The van der Waals surface area contributed by atoms with Gasteiger partial charge in [0.25, 0.3) is 0 Å². The molecule has 0 spiro atoms. The lowest BCUT2D eigenvalue weighted by Crippen LogP contribution is -1.96. The lowest BCUT2D eigenvalue weighted by atomic mass is 9.98. The summed E-state index contributed by atoms with van der Waals surface area (Å²) < 4.78 is 4.74. The minimum atomic E-state index is 1.11. The fraction of sp³-hybridized carbons (Fsp3) is 0. The Hall–Kier alpha value is -6.71. The molecule has 0 radical (unpaired) electrons. The quantitative estimate of drug-likeness (QED) is 0.184. The number of aromatic nitrogens is 3. The SMILES string of the molecule is c1ccc(-c2cc(-c3ccccc3)cc(-n3c4ccccc4c4cc(-c5ccc6c(c5)c5ccncc5n6-c5ccccc5)ccc43)c2)cc1. The zero-order valence-electron chi connectivity index (χ0n) is 27.2. The van der Waals surface area contributed by atoms with Gasteiger partial charge in [0.1, 0.15) is 0 Å². The van der Waals surface area contributed by atoms with Gasteiger partial charge in [-0.1, -0.05) is 109 Å². The van der Waals surface area contributed by atoms with Crippen LogP contribution in [0, 0.1) is 0 Å². The van der Waals surface area contributed by atoms with Crippen LogP contribution in [0.4, 0.5) is 0 Å². The fourth-order valence-corrected chi connectivity index (χ4v) is 7.67. The molecule has 3 nitrogen and oxygen atoms in total. The summed E-state index contributed by atoms with van der Waals surface area (Å²) in [5.41, 5.74) is 14.1. The Bertz CT molecular complexity index is 2790. The average molecular weight is 638 g/mol. The third-order valence-corrected chi connectivity index (χ3v) is 9.98. The lowest BCUT2D eigenvalue weighted by Gasteiger charge is -2.14. The highest BCUT2D eigenvalue weighted by atomic mass is 15.0. The van der Waals surface area contributed by atoms with E-state index in [4.69, 9.17) is 0 Å². The van der Waals surface area contributed by atoms with Crippen molar-refractivity contribution in [2.75, 3.05) is 0 Å². The molecule has 50 heavy (non-hydrogen) atoms. The molecule has 0 saturated heterocycles. The normalized spacial score (nSPS) is 11.6. The molecule has 3 heterocycles. The van der Waals surface area contributed by atoms with Gasteiger partial charge in [-0.25, -0.2) is 0 Å². The van der Waals surface area contributed by atoms with Crippen LogP contribution >= 0.6 is 0 Å². The highest BCUT2D eigenvalue weighted by Crippen LogP contribution is 2.39. The maximum atomic E-state index is 4.49. The van der Waals surface area contributed by atoms with Gasteiger partial charge < -0.3 is 9.13 Å². The van der Waals surface area contributed by atoms with Gasteiger partial charge in [-0.15, -0.1) is 0 Å². The van der Waals surface area contributed by atoms with Crippen molar-refractivity contribution in [1.29, 1.82) is 0 Å². The molecule has 10 aromatic rings. The first-order valence-electron chi connectivity index (χ1n) is 17.0. The molecule has 0 aliphatic heterocycles. The molecular weight excluding hydrogens is 607 g/mol. The van der Waals surface area contributed by atoms with Crippen molar-refractivity contribution in [3.63, 3.8) is 0 Å². The van der Waals surface area contributed by atoms with Gasteiger partial charge in [0.05, 0.1) is 28.3 Å². The molecule has 0 fully saturated rings. The number of rotatable bonds is 5. The number of nitrogens with zero attached hydrogens (tertiary/aromatic N) is 3. The topological polar surface area (TPSA) is 22.8 Å². The predicted octanol–water partition coefficient (Wildman–Crippen LogP) is 12.3. The molecule has 3 aromatic heterocycles. The Kier molecular flexibility index (Phi) is 6.49. The first-order chi connectivity index (χ1) is 24.8. The van der Waals surface area contributed by atoms with E-state index in [2.05, 4.69) is 190 Å². The number of fused-ring (bicyclic) bond motifs is 6. The summed E-state index contributed by atoms with van der Waals surface area (Å²) in [4.78, 5) is 4.49. The molecule has 10 rings (SSSR count). The van der Waals surface area contributed by atoms with Crippen LogP contribution in [0.3, 0.4) is 0 Å². The van der Waals surface area contributed by atoms with Crippen molar-refractivity contribution in [2.45, 2.75) is 0 Å². The van der Waals surface area contributed by atoms with Crippen LogP contribution in [0.2, 0.25) is 0 Å². The highest BCUT2D eigenvalue weighted by molar-refractivity contribution is 6.12. The van der Waals surface area contributed by atoms with E-state index in [1.54, 1.807) is 0 Å². The fourth-order valence-electron chi connectivity index (χ4n) is 7.67. The van der Waals surface area contributed by atoms with Crippen molar-refractivity contribution >= 4 is 43.6 Å². The van der Waals surface area contributed by atoms with Gasteiger partial charge in [-0.3, -0.25) is 4.98 Å². The summed E-state index contributed by atoms with van der Waals surface area (Å²) >= 11 is 0. The van der Waals surface area contributed by atoms with E-state index in [0.29, 0.717) is 0 Å². The standard InChI is InChI=1S/C47H31N3/c1-4-12-32(13-5-1)36-26-37(33-14-6-2-7-15-33)28-39(27-36)50-44-19-11-10-18-40(44)42-29-34(21-23-46(42)50)35-20-22-45-43(30-35)41-24-25-48-31-47(41)49(45)38-16-8-3-9-17-38/h1-31H. The smallest absolute Gasteiger partial charge is 0.0724 e. The summed E-state index contributed by atoms with van der Waals surface area (Å²) in [6.45, 7) is 0. The van der Waals surface area contributed by atoms with Gasteiger partial charge in [-0.2, -0.15) is 0 Å². The zero-order valence-corrected chi connectivity index (χ0v) is 27.2. The van der Waals surface area contributed by atoms with Crippen LogP contribution in [-0.2, 0) is 0 Å². The number of benzene rings is 7. The van der Waals surface area contributed by atoms with Crippen molar-refractivity contribution < 1.29 is 0 Å². The van der Waals surface area contributed by atoms with Gasteiger partial charge >= 0.3 is 0 Å². The van der Waals surface area contributed by atoms with E-state index in [1.165, 1.54) is 71.5 Å². The van der Waals surface area contributed by atoms with E-state index in [-0.39, 0.29) is 0 Å². The van der Waals surface area contributed by atoms with Gasteiger partial charge in [0.15, 0.2) is 0 Å². The molecule has 7 aromatic carbocycles. The number of pyridine rings is 1. The van der Waals surface area contributed by atoms with E-state index < -0.39 is 0 Å².